The molecule has 0 aliphatic rings. The summed E-state index contributed by atoms with van der Waals surface area (Å²) in [5.74, 6) is -0.474. The number of hydrogen-bond donors (Lipinski definition) is 2. The molecule has 2 N–H and O–H groups in total. The summed E-state index contributed by atoms with van der Waals surface area (Å²) < 4.78 is 5.82. The maximum absolute atomic E-state index is 12.1. The number of nitrogens with zero attached hydrogens (tertiary/aromatic N) is 1. The van der Waals surface area contributed by atoms with Crippen molar-refractivity contribution in [2.24, 2.45) is 0 Å². The Morgan fingerprint density at radius 3 is 2.38 bits per heavy atom. The van der Waals surface area contributed by atoms with Crippen molar-refractivity contribution < 1.29 is 19.4 Å². The van der Waals surface area contributed by atoms with E-state index in [1.54, 1.807) is 6.07 Å². The van der Waals surface area contributed by atoms with E-state index in [9.17, 15) is 9.59 Å². The van der Waals surface area contributed by atoms with Gasteiger partial charge < -0.3 is 15.2 Å². The third-order valence-electron chi connectivity index (χ3n) is 5.05. The Balaban J connectivity index is 1.32. The van der Waals surface area contributed by atoms with Gasteiger partial charge in [0.1, 0.15) is 11.4 Å². The Hall–Kier alpha value is -3.67. The molecule has 166 valence electrons. The fraction of sp³-hybridized carbons (Fsp3) is 0.269. The molecule has 0 bridgehead atoms. The normalized spacial score (nSPS) is 10.5. The van der Waals surface area contributed by atoms with E-state index in [1.165, 1.54) is 17.8 Å². The summed E-state index contributed by atoms with van der Waals surface area (Å²) >= 11 is 0. The average molecular weight is 433 g/mol. The number of aromatic nitrogens is 1. The van der Waals surface area contributed by atoms with Gasteiger partial charge in [0.05, 0.1) is 6.61 Å². The van der Waals surface area contributed by atoms with Crippen molar-refractivity contribution in [2.75, 3.05) is 11.9 Å². The lowest BCUT2D eigenvalue weighted by Gasteiger charge is -2.08. The minimum atomic E-state index is -1.13. The number of aromatic carboxylic acids is 1. The van der Waals surface area contributed by atoms with Crippen LogP contribution in [0.5, 0.6) is 5.75 Å². The molecule has 3 rings (SSSR count). The second-order valence-corrected chi connectivity index (χ2v) is 7.57. The zero-order valence-electron chi connectivity index (χ0n) is 18.0. The Labute approximate surface area is 188 Å². The third-order valence-corrected chi connectivity index (χ3v) is 5.05. The number of carboxylic acids is 1. The lowest BCUT2D eigenvalue weighted by atomic mass is 10.1. The molecule has 1 aromatic heterocycles. The van der Waals surface area contributed by atoms with Crippen LogP contribution in [-0.2, 0) is 17.6 Å². The lowest BCUT2D eigenvalue weighted by Crippen LogP contribution is -2.13. The monoisotopic (exact) mass is 432 g/mol. The molecule has 0 aliphatic heterocycles. The number of ether oxygens (including phenoxy) is 1. The van der Waals surface area contributed by atoms with Crippen molar-refractivity contribution in [1.29, 1.82) is 0 Å². The number of carboxylic acid groups (broad SMARTS) is 1. The van der Waals surface area contributed by atoms with Crippen molar-refractivity contribution >= 4 is 17.6 Å². The predicted molar refractivity (Wildman–Crippen MR) is 124 cm³/mol. The molecule has 6 nitrogen and oxygen atoms in total. The fourth-order valence-corrected chi connectivity index (χ4v) is 3.30. The van der Waals surface area contributed by atoms with Crippen LogP contribution < -0.4 is 10.1 Å². The first-order chi connectivity index (χ1) is 15.6. The molecule has 0 aliphatic carbocycles. The highest BCUT2D eigenvalue weighted by atomic mass is 16.5. The number of benzene rings is 2. The predicted octanol–water partition coefficient (Wildman–Crippen LogP) is 5.14. The number of carbonyl (C=O) groups excluding carboxylic acids is 1. The number of carbonyl (C=O) groups is 2. The van der Waals surface area contributed by atoms with Crippen LogP contribution in [0.2, 0.25) is 0 Å². The van der Waals surface area contributed by atoms with E-state index in [1.807, 2.05) is 30.3 Å². The second-order valence-electron chi connectivity index (χ2n) is 7.57. The molecule has 0 atom stereocenters. The zero-order valence-corrected chi connectivity index (χ0v) is 18.0. The van der Waals surface area contributed by atoms with Crippen LogP contribution in [-0.4, -0.2) is 28.6 Å². The maximum atomic E-state index is 12.1. The highest BCUT2D eigenvalue weighted by Crippen LogP contribution is 2.15. The summed E-state index contributed by atoms with van der Waals surface area (Å²) in [5.41, 5.74) is 2.74. The number of rotatable bonds is 12. The Kier molecular flexibility index (Phi) is 8.80. The molecule has 6 heteroatoms. The average Bonchev–Trinajstić information content (AvgIpc) is 2.81. The van der Waals surface area contributed by atoms with Crippen LogP contribution in [0.3, 0.4) is 0 Å². The standard InChI is InChI=1S/C26H28N2O4/c29-25(28-22-16-17-27-24(19-22)26(30)31)15-12-21-10-13-23(14-11-21)32-18-6-2-5-9-20-7-3-1-4-8-20/h1,3-4,7-8,10-11,13-14,16-17,19H,2,5-6,9,12,15,18H2,(H,30,31)(H,27,28,29). The van der Waals surface area contributed by atoms with Gasteiger partial charge >= 0.3 is 5.97 Å². The van der Waals surface area contributed by atoms with Crippen LogP contribution in [0.15, 0.2) is 72.9 Å². The highest BCUT2D eigenvalue weighted by molar-refractivity contribution is 5.93. The van der Waals surface area contributed by atoms with E-state index in [4.69, 9.17) is 9.84 Å². The van der Waals surface area contributed by atoms with Crippen molar-refractivity contribution in [1.82, 2.24) is 4.98 Å². The molecule has 0 spiro atoms. The topological polar surface area (TPSA) is 88.5 Å². The number of nitrogens with one attached hydrogen (secondary N) is 1. The lowest BCUT2D eigenvalue weighted by molar-refractivity contribution is -0.116. The SMILES string of the molecule is O=C(CCc1ccc(OCCCCCc2ccccc2)cc1)Nc1ccnc(C(=O)O)c1. The fourth-order valence-electron chi connectivity index (χ4n) is 3.30. The van der Waals surface area contributed by atoms with Gasteiger partial charge in [-0.05, 0) is 67.5 Å². The number of anilines is 1. The number of aryl methyl sites for hydroxylation is 2. The van der Waals surface area contributed by atoms with Crippen LogP contribution in [0.25, 0.3) is 0 Å². The van der Waals surface area contributed by atoms with Crippen LogP contribution in [0.1, 0.15) is 47.3 Å². The summed E-state index contributed by atoms with van der Waals surface area (Å²) in [4.78, 5) is 26.8. The smallest absolute Gasteiger partial charge is 0.354 e. The molecule has 0 radical (unpaired) electrons. The summed E-state index contributed by atoms with van der Waals surface area (Å²) in [6, 6.07) is 21.2. The van der Waals surface area contributed by atoms with Gasteiger partial charge in [-0.15, -0.1) is 0 Å². The van der Waals surface area contributed by atoms with Crippen molar-refractivity contribution in [2.45, 2.75) is 38.5 Å². The molecule has 2 aromatic carbocycles. The van der Waals surface area contributed by atoms with Gasteiger partial charge in [-0.1, -0.05) is 42.5 Å². The van der Waals surface area contributed by atoms with E-state index < -0.39 is 5.97 Å². The van der Waals surface area contributed by atoms with Gasteiger partial charge in [0.15, 0.2) is 0 Å². The third kappa shape index (κ3) is 7.87. The van der Waals surface area contributed by atoms with Gasteiger partial charge in [-0.2, -0.15) is 0 Å². The van der Waals surface area contributed by atoms with E-state index in [2.05, 4.69) is 34.6 Å². The van der Waals surface area contributed by atoms with Crippen LogP contribution in [0.4, 0.5) is 5.69 Å². The van der Waals surface area contributed by atoms with Crippen molar-refractivity contribution in [3.63, 3.8) is 0 Å². The molecule has 0 saturated heterocycles. The number of hydrogen-bond acceptors (Lipinski definition) is 4. The van der Waals surface area contributed by atoms with Gasteiger partial charge in [0.25, 0.3) is 0 Å². The number of amides is 1. The minimum Gasteiger partial charge on any atom is -0.494 e. The van der Waals surface area contributed by atoms with Gasteiger partial charge in [0, 0.05) is 18.3 Å². The first-order valence-corrected chi connectivity index (χ1v) is 10.8. The molecule has 1 heterocycles. The first kappa shape index (κ1) is 23.0. The summed E-state index contributed by atoms with van der Waals surface area (Å²) in [6.07, 6.45) is 6.66. The second kappa shape index (κ2) is 12.2. The Morgan fingerprint density at radius 2 is 1.62 bits per heavy atom. The first-order valence-electron chi connectivity index (χ1n) is 10.8. The molecule has 32 heavy (non-hydrogen) atoms. The molecule has 3 aromatic rings. The van der Waals surface area contributed by atoms with E-state index in [0.29, 0.717) is 25.1 Å². The molecule has 1 amide bonds. The summed E-state index contributed by atoms with van der Waals surface area (Å²) in [6.45, 7) is 0.695. The van der Waals surface area contributed by atoms with Gasteiger partial charge in [0.2, 0.25) is 5.91 Å². The summed E-state index contributed by atoms with van der Waals surface area (Å²) in [7, 11) is 0. The quantitative estimate of drug-likeness (QED) is 0.387. The zero-order chi connectivity index (χ0) is 22.6. The highest BCUT2D eigenvalue weighted by Gasteiger charge is 2.08. The summed E-state index contributed by atoms with van der Waals surface area (Å²) in [5, 5.41) is 11.7. The number of pyridine rings is 1. The molecular formula is C26H28N2O4. The van der Waals surface area contributed by atoms with E-state index >= 15 is 0 Å². The maximum Gasteiger partial charge on any atom is 0.354 e. The van der Waals surface area contributed by atoms with E-state index in [0.717, 1.165) is 37.0 Å². The molecule has 0 fully saturated rings. The molecule has 0 saturated carbocycles. The van der Waals surface area contributed by atoms with Gasteiger partial charge in [-0.3, -0.25) is 4.79 Å². The van der Waals surface area contributed by atoms with Crippen LogP contribution in [0, 0.1) is 0 Å². The number of unbranched alkanes of at least 4 members (excludes halogenated alkanes) is 2. The van der Waals surface area contributed by atoms with Crippen LogP contribution >= 0.6 is 0 Å². The minimum absolute atomic E-state index is 0.102. The van der Waals surface area contributed by atoms with Gasteiger partial charge in [-0.25, -0.2) is 9.78 Å². The molecule has 0 unspecified atom stereocenters. The molecular weight excluding hydrogens is 404 g/mol. The largest absolute Gasteiger partial charge is 0.494 e. The Bertz CT molecular complexity index is 1000. The van der Waals surface area contributed by atoms with Crippen molar-refractivity contribution in [3.8, 4) is 5.75 Å². The van der Waals surface area contributed by atoms with Crippen molar-refractivity contribution in [3.05, 3.63) is 89.7 Å². The van der Waals surface area contributed by atoms with E-state index in [-0.39, 0.29) is 11.6 Å². The Morgan fingerprint density at radius 1 is 0.875 bits per heavy atom.